The van der Waals surface area contributed by atoms with E-state index in [2.05, 4.69) is 35.2 Å². The SMILES string of the molecule is Oc1ccc(-c2ccc3c(c2)OCO3)cc1CN1CCc2ccccc2C1. The predicted molar refractivity (Wildman–Crippen MR) is 104 cm³/mol. The Morgan fingerprint density at radius 3 is 2.56 bits per heavy atom. The third-order valence-electron chi connectivity index (χ3n) is 5.39. The van der Waals surface area contributed by atoms with E-state index >= 15 is 0 Å². The number of ether oxygens (including phenoxy) is 2. The van der Waals surface area contributed by atoms with E-state index in [0.717, 1.165) is 54.2 Å². The number of aromatic hydroxyl groups is 1. The summed E-state index contributed by atoms with van der Waals surface area (Å²) < 4.78 is 10.9. The molecular formula is C23H21NO3. The molecule has 0 aromatic heterocycles. The number of phenolic OH excluding ortho intramolecular Hbond substituents is 1. The van der Waals surface area contributed by atoms with Gasteiger partial charge in [-0.1, -0.05) is 36.4 Å². The van der Waals surface area contributed by atoms with Crippen LogP contribution < -0.4 is 9.47 Å². The first kappa shape index (κ1) is 16.2. The average molecular weight is 359 g/mol. The van der Waals surface area contributed by atoms with Crippen molar-refractivity contribution in [3.63, 3.8) is 0 Å². The van der Waals surface area contributed by atoms with Crippen molar-refractivity contribution in [2.75, 3.05) is 13.3 Å². The summed E-state index contributed by atoms with van der Waals surface area (Å²) >= 11 is 0. The summed E-state index contributed by atoms with van der Waals surface area (Å²) in [5.41, 5.74) is 5.90. The van der Waals surface area contributed by atoms with Crippen molar-refractivity contribution >= 4 is 0 Å². The van der Waals surface area contributed by atoms with Gasteiger partial charge >= 0.3 is 0 Å². The molecule has 0 unspecified atom stereocenters. The van der Waals surface area contributed by atoms with Crippen molar-refractivity contribution in [1.29, 1.82) is 0 Å². The Hall–Kier alpha value is -2.98. The second-order valence-electron chi connectivity index (χ2n) is 7.14. The summed E-state index contributed by atoms with van der Waals surface area (Å²) in [5.74, 6) is 1.90. The van der Waals surface area contributed by atoms with Crippen LogP contribution in [0.25, 0.3) is 11.1 Å². The lowest BCUT2D eigenvalue weighted by Crippen LogP contribution is -2.30. The number of fused-ring (bicyclic) bond motifs is 2. The lowest BCUT2D eigenvalue weighted by Gasteiger charge is -2.29. The summed E-state index contributed by atoms with van der Waals surface area (Å²) in [6, 6.07) is 20.4. The molecule has 2 aliphatic rings. The average Bonchev–Trinajstić information content (AvgIpc) is 3.17. The van der Waals surface area contributed by atoms with E-state index < -0.39 is 0 Å². The van der Waals surface area contributed by atoms with E-state index in [1.807, 2.05) is 24.3 Å². The van der Waals surface area contributed by atoms with E-state index in [4.69, 9.17) is 9.47 Å². The van der Waals surface area contributed by atoms with Crippen LogP contribution in [0.5, 0.6) is 17.2 Å². The van der Waals surface area contributed by atoms with Crippen molar-refractivity contribution in [3.8, 4) is 28.4 Å². The maximum absolute atomic E-state index is 10.4. The fraction of sp³-hybridized carbons (Fsp3) is 0.217. The quantitative estimate of drug-likeness (QED) is 0.755. The first-order valence-corrected chi connectivity index (χ1v) is 9.27. The monoisotopic (exact) mass is 359 g/mol. The zero-order chi connectivity index (χ0) is 18.2. The minimum Gasteiger partial charge on any atom is -0.508 e. The second kappa shape index (κ2) is 6.63. The zero-order valence-electron chi connectivity index (χ0n) is 15.0. The van der Waals surface area contributed by atoms with Gasteiger partial charge in [0.1, 0.15) is 5.75 Å². The van der Waals surface area contributed by atoms with Crippen LogP contribution in [0.1, 0.15) is 16.7 Å². The molecule has 0 atom stereocenters. The summed E-state index contributed by atoms with van der Waals surface area (Å²) in [6.45, 7) is 2.93. The van der Waals surface area contributed by atoms with Crippen LogP contribution >= 0.6 is 0 Å². The van der Waals surface area contributed by atoms with Crippen molar-refractivity contribution in [2.24, 2.45) is 0 Å². The van der Waals surface area contributed by atoms with Crippen LogP contribution in [0.15, 0.2) is 60.7 Å². The lowest BCUT2D eigenvalue weighted by molar-refractivity contribution is 0.174. The van der Waals surface area contributed by atoms with Gasteiger partial charge in [0.25, 0.3) is 0 Å². The predicted octanol–water partition coefficient (Wildman–Crippen LogP) is 4.35. The van der Waals surface area contributed by atoms with Crippen LogP contribution in [0.2, 0.25) is 0 Å². The van der Waals surface area contributed by atoms with Crippen molar-refractivity contribution < 1.29 is 14.6 Å². The Bertz CT molecular complexity index is 999. The molecule has 5 rings (SSSR count). The Balaban J connectivity index is 1.40. The minimum atomic E-state index is 0.274. The molecule has 0 bridgehead atoms. The number of phenols is 1. The zero-order valence-corrected chi connectivity index (χ0v) is 15.0. The summed E-state index contributed by atoms with van der Waals surface area (Å²) in [4.78, 5) is 2.39. The molecule has 0 radical (unpaired) electrons. The van der Waals surface area contributed by atoms with Crippen LogP contribution in [-0.2, 0) is 19.5 Å². The Morgan fingerprint density at radius 2 is 1.63 bits per heavy atom. The fourth-order valence-electron chi connectivity index (χ4n) is 3.90. The third kappa shape index (κ3) is 3.13. The third-order valence-corrected chi connectivity index (χ3v) is 5.39. The summed E-state index contributed by atoms with van der Waals surface area (Å²) in [7, 11) is 0. The molecule has 0 saturated carbocycles. The smallest absolute Gasteiger partial charge is 0.231 e. The highest BCUT2D eigenvalue weighted by molar-refractivity contribution is 5.69. The number of hydrogen-bond donors (Lipinski definition) is 1. The molecule has 0 amide bonds. The normalized spacial score (nSPS) is 15.6. The molecule has 136 valence electrons. The molecule has 3 aromatic rings. The second-order valence-corrected chi connectivity index (χ2v) is 7.14. The number of hydrogen-bond acceptors (Lipinski definition) is 4. The van der Waals surface area contributed by atoms with Gasteiger partial charge in [-0.15, -0.1) is 0 Å². The topological polar surface area (TPSA) is 41.9 Å². The van der Waals surface area contributed by atoms with Crippen LogP contribution in [0.4, 0.5) is 0 Å². The highest BCUT2D eigenvalue weighted by atomic mass is 16.7. The molecule has 2 heterocycles. The Morgan fingerprint density at radius 1 is 0.852 bits per heavy atom. The molecule has 2 aliphatic heterocycles. The van der Waals surface area contributed by atoms with Gasteiger partial charge in [-0.25, -0.2) is 0 Å². The molecule has 27 heavy (non-hydrogen) atoms. The molecule has 4 heteroatoms. The molecule has 3 aromatic carbocycles. The molecule has 0 aliphatic carbocycles. The van der Waals surface area contributed by atoms with Crippen molar-refractivity contribution in [2.45, 2.75) is 19.5 Å². The van der Waals surface area contributed by atoms with Gasteiger partial charge in [0.2, 0.25) is 6.79 Å². The van der Waals surface area contributed by atoms with Gasteiger partial charge in [0.05, 0.1) is 0 Å². The molecule has 0 fully saturated rings. The van der Waals surface area contributed by atoms with Gasteiger partial charge < -0.3 is 14.6 Å². The summed E-state index contributed by atoms with van der Waals surface area (Å²) in [5, 5.41) is 10.4. The maximum atomic E-state index is 10.4. The standard InChI is InChI=1S/C23H21NO3/c25-21-7-5-17(18-6-8-22-23(12-18)27-15-26-22)11-20(21)14-24-10-9-16-3-1-2-4-19(16)13-24/h1-8,11-12,25H,9-10,13-15H2. The number of nitrogens with zero attached hydrogens (tertiary/aromatic N) is 1. The van der Waals surface area contributed by atoms with Gasteiger partial charge in [0, 0.05) is 25.2 Å². The van der Waals surface area contributed by atoms with Gasteiger partial charge in [-0.3, -0.25) is 4.90 Å². The minimum absolute atomic E-state index is 0.274. The van der Waals surface area contributed by atoms with E-state index in [0.29, 0.717) is 5.75 Å². The van der Waals surface area contributed by atoms with Gasteiger partial charge in [-0.05, 0) is 52.9 Å². The van der Waals surface area contributed by atoms with Gasteiger partial charge in [0.15, 0.2) is 11.5 Å². The van der Waals surface area contributed by atoms with Gasteiger partial charge in [-0.2, -0.15) is 0 Å². The molecular weight excluding hydrogens is 338 g/mol. The Labute approximate surface area is 158 Å². The fourth-order valence-corrected chi connectivity index (χ4v) is 3.90. The molecule has 0 spiro atoms. The maximum Gasteiger partial charge on any atom is 0.231 e. The van der Waals surface area contributed by atoms with E-state index in [-0.39, 0.29) is 6.79 Å². The van der Waals surface area contributed by atoms with Crippen LogP contribution in [-0.4, -0.2) is 23.3 Å². The number of benzene rings is 3. The first-order valence-electron chi connectivity index (χ1n) is 9.27. The van der Waals surface area contributed by atoms with Crippen LogP contribution in [0.3, 0.4) is 0 Å². The highest BCUT2D eigenvalue weighted by Gasteiger charge is 2.18. The van der Waals surface area contributed by atoms with Crippen LogP contribution in [0, 0.1) is 0 Å². The Kier molecular flexibility index (Phi) is 3.98. The largest absolute Gasteiger partial charge is 0.508 e. The van der Waals surface area contributed by atoms with Crippen molar-refractivity contribution in [3.05, 3.63) is 77.4 Å². The molecule has 1 N–H and O–H groups in total. The summed E-state index contributed by atoms with van der Waals surface area (Å²) in [6.07, 6.45) is 1.05. The van der Waals surface area contributed by atoms with Crippen molar-refractivity contribution in [1.82, 2.24) is 4.90 Å². The first-order chi connectivity index (χ1) is 13.3. The number of rotatable bonds is 3. The molecule has 0 saturated heterocycles. The molecule has 4 nitrogen and oxygen atoms in total. The van der Waals surface area contributed by atoms with E-state index in [9.17, 15) is 5.11 Å². The lowest BCUT2D eigenvalue weighted by atomic mass is 9.98. The highest BCUT2D eigenvalue weighted by Crippen LogP contribution is 2.37. The van der Waals surface area contributed by atoms with E-state index in [1.165, 1.54) is 11.1 Å². The van der Waals surface area contributed by atoms with E-state index in [1.54, 1.807) is 6.07 Å².